The number of rotatable bonds is 5. The number of halogens is 1. The van der Waals surface area contributed by atoms with Gasteiger partial charge in [-0.1, -0.05) is 6.07 Å². The lowest BCUT2D eigenvalue weighted by atomic mass is 10.1. The summed E-state index contributed by atoms with van der Waals surface area (Å²) in [6, 6.07) is 4.23. The van der Waals surface area contributed by atoms with Crippen molar-refractivity contribution in [2.75, 3.05) is 23.8 Å². The number of nitrogens with one attached hydrogen (secondary N) is 1. The van der Waals surface area contributed by atoms with Crippen LogP contribution >= 0.6 is 15.9 Å². The Kier molecular flexibility index (Phi) is 5.62. The van der Waals surface area contributed by atoms with Crippen molar-refractivity contribution in [1.82, 2.24) is 5.32 Å². The van der Waals surface area contributed by atoms with Crippen LogP contribution in [0.4, 0.5) is 10.5 Å². The van der Waals surface area contributed by atoms with E-state index in [1.54, 1.807) is 25.1 Å². The Bertz CT molecular complexity index is 805. The molecule has 0 aliphatic carbocycles. The quantitative estimate of drug-likeness (QED) is 0.557. The molecule has 130 valence electrons. The van der Waals surface area contributed by atoms with Crippen LogP contribution in [-0.2, 0) is 14.9 Å². The Hall–Kier alpha value is -1.91. The van der Waals surface area contributed by atoms with Gasteiger partial charge < -0.3 is 10.1 Å². The Morgan fingerprint density at radius 2 is 2.17 bits per heavy atom. The topological polar surface area (TPSA) is 113 Å². The van der Waals surface area contributed by atoms with Crippen LogP contribution in [0.3, 0.4) is 0 Å². The Balaban J connectivity index is 2.29. The number of amides is 2. The molecule has 0 spiro atoms. The second-order valence-corrected chi connectivity index (χ2v) is 7.10. The Labute approximate surface area is 147 Å². The first-order chi connectivity index (χ1) is 11.2. The van der Waals surface area contributed by atoms with Gasteiger partial charge in [-0.2, -0.15) is 8.42 Å². The molecule has 0 saturated carbocycles. The third kappa shape index (κ3) is 4.34. The summed E-state index contributed by atoms with van der Waals surface area (Å²) in [5, 5.41) is 2.39. The number of carbonyl (C=O) groups excluding carboxylic acids is 2. The van der Waals surface area contributed by atoms with Crippen LogP contribution in [0, 0.1) is 0 Å². The zero-order valence-corrected chi connectivity index (χ0v) is 15.1. The first-order valence-corrected chi connectivity index (χ1v) is 9.31. The van der Waals surface area contributed by atoms with Gasteiger partial charge in [-0.25, -0.2) is 9.59 Å². The van der Waals surface area contributed by atoms with Gasteiger partial charge in [-0.15, -0.1) is 0 Å². The summed E-state index contributed by atoms with van der Waals surface area (Å²) in [6.45, 7) is 2.00. The highest BCUT2D eigenvalue weighted by Gasteiger charge is 2.26. The van der Waals surface area contributed by atoms with E-state index in [0.717, 1.165) is 0 Å². The minimum absolute atomic E-state index is 0.0849. The second kappa shape index (κ2) is 7.32. The number of nitrogens with zero attached hydrogens (tertiary/aromatic N) is 1. The van der Waals surface area contributed by atoms with Crippen molar-refractivity contribution in [2.24, 2.45) is 0 Å². The monoisotopic (exact) mass is 418 g/mol. The summed E-state index contributed by atoms with van der Waals surface area (Å²) in [6.07, 6.45) is 1.47. The molecule has 1 aromatic carbocycles. The molecular weight excluding hydrogens is 404 g/mol. The number of anilines is 1. The van der Waals surface area contributed by atoms with Crippen molar-refractivity contribution < 1.29 is 27.3 Å². The molecule has 2 N–H and O–H groups in total. The van der Waals surface area contributed by atoms with Gasteiger partial charge in [0.05, 0.1) is 22.3 Å². The lowest BCUT2D eigenvalue weighted by Crippen LogP contribution is -2.45. The highest BCUT2D eigenvalue weighted by atomic mass is 79.9. The average Bonchev–Trinajstić information content (AvgIpc) is 2.47. The van der Waals surface area contributed by atoms with Gasteiger partial charge in [0.25, 0.3) is 10.1 Å². The smallest absolute Gasteiger partial charge is 0.339 e. The van der Waals surface area contributed by atoms with Gasteiger partial charge in [-0.3, -0.25) is 9.45 Å². The molecule has 0 unspecified atom stereocenters. The largest absolute Gasteiger partial charge is 0.462 e. The van der Waals surface area contributed by atoms with Gasteiger partial charge in [-0.05, 0) is 41.1 Å². The van der Waals surface area contributed by atoms with Crippen LogP contribution in [0.1, 0.15) is 17.3 Å². The van der Waals surface area contributed by atoms with E-state index in [0.29, 0.717) is 10.2 Å². The van der Waals surface area contributed by atoms with Crippen molar-refractivity contribution in [3.63, 3.8) is 0 Å². The first kappa shape index (κ1) is 18.4. The van der Waals surface area contributed by atoms with Gasteiger partial charge in [0.1, 0.15) is 5.75 Å². The predicted molar refractivity (Wildman–Crippen MR) is 90.5 cm³/mol. The van der Waals surface area contributed by atoms with Gasteiger partial charge in [0.15, 0.2) is 0 Å². The SMILES string of the molecule is CCOC(=O)c1cccc(N2CC=C(CS(=O)(=O)O)NC2=O)c1Br. The summed E-state index contributed by atoms with van der Waals surface area (Å²) >= 11 is 3.30. The molecule has 2 amide bonds. The molecule has 0 saturated heterocycles. The summed E-state index contributed by atoms with van der Waals surface area (Å²) in [4.78, 5) is 25.4. The molecule has 8 nitrogen and oxygen atoms in total. The third-order valence-electron chi connectivity index (χ3n) is 3.14. The lowest BCUT2D eigenvalue weighted by Gasteiger charge is -2.28. The number of benzene rings is 1. The maximum Gasteiger partial charge on any atom is 0.339 e. The molecule has 2 rings (SSSR count). The number of esters is 1. The van der Waals surface area contributed by atoms with E-state index in [1.165, 1.54) is 11.0 Å². The fourth-order valence-corrected chi connectivity index (χ4v) is 3.36. The second-order valence-electron chi connectivity index (χ2n) is 4.86. The van der Waals surface area contributed by atoms with Gasteiger partial charge >= 0.3 is 12.0 Å². The molecule has 1 heterocycles. The van der Waals surface area contributed by atoms with Crippen molar-refractivity contribution in [3.8, 4) is 0 Å². The fraction of sp³-hybridized carbons (Fsp3) is 0.286. The molecule has 1 aliphatic rings. The number of ether oxygens (including phenoxy) is 1. The van der Waals surface area contributed by atoms with E-state index < -0.39 is 27.9 Å². The third-order valence-corrected chi connectivity index (χ3v) is 4.64. The maximum atomic E-state index is 12.2. The predicted octanol–water partition coefficient (Wildman–Crippen LogP) is 1.93. The summed E-state index contributed by atoms with van der Waals surface area (Å²) in [5.41, 5.74) is 0.798. The highest BCUT2D eigenvalue weighted by Crippen LogP contribution is 2.31. The molecule has 0 bridgehead atoms. The zero-order valence-electron chi connectivity index (χ0n) is 12.7. The van der Waals surface area contributed by atoms with Crippen molar-refractivity contribution in [2.45, 2.75) is 6.92 Å². The van der Waals surface area contributed by atoms with Crippen LogP contribution in [0.25, 0.3) is 0 Å². The van der Waals surface area contributed by atoms with E-state index >= 15 is 0 Å². The number of carbonyl (C=O) groups is 2. The van der Waals surface area contributed by atoms with Gasteiger partial charge in [0, 0.05) is 12.2 Å². The summed E-state index contributed by atoms with van der Waals surface area (Å²) < 4.78 is 36.0. The molecule has 1 aliphatic heterocycles. The van der Waals surface area contributed by atoms with Crippen molar-refractivity contribution >= 4 is 43.7 Å². The molecule has 1 aromatic rings. The normalized spacial score (nSPS) is 14.9. The molecule has 0 atom stereocenters. The van der Waals surface area contributed by atoms with E-state index in [9.17, 15) is 18.0 Å². The van der Waals surface area contributed by atoms with Crippen molar-refractivity contribution in [1.29, 1.82) is 0 Å². The minimum atomic E-state index is -4.23. The Morgan fingerprint density at radius 1 is 1.46 bits per heavy atom. The highest BCUT2D eigenvalue weighted by molar-refractivity contribution is 9.10. The fourth-order valence-electron chi connectivity index (χ4n) is 2.13. The first-order valence-electron chi connectivity index (χ1n) is 6.91. The zero-order chi connectivity index (χ0) is 17.9. The van der Waals surface area contributed by atoms with E-state index in [2.05, 4.69) is 21.2 Å². The molecule has 24 heavy (non-hydrogen) atoms. The van der Waals surface area contributed by atoms with E-state index in [-0.39, 0.29) is 24.4 Å². The molecule has 0 radical (unpaired) electrons. The Morgan fingerprint density at radius 3 is 2.75 bits per heavy atom. The minimum Gasteiger partial charge on any atom is -0.462 e. The molecule has 0 fully saturated rings. The number of urea groups is 1. The maximum absolute atomic E-state index is 12.2. The van der Waals surface area contributed by atoms with Crippen molar-refractivity contribution in [3.05, 3.63) is 40.0 Å². The number of hydrogen-bond donors (Lipinski definition) is 2. The summed E-state index contributed by atoms with van der Waals surface area (Å²) in [5.74, 6) is -1.19. The number of hydrogen-bond acceptors (Lipinski definition) is 5. The standard InChI is InChI=1S/C14H15BrN2O6S/c1-2-23-13(18)10-4-3-5-11(12(10)15)17-7-6-9(16-14(17)19)8-24(20,21)22/h3-6H,2,7-8H2,1H3,(H,16,19)(H,20,21,22). The van der Waals surface area contributed by atoms with Gasteiger partial charge in [0.2, 0.25) is 0 Å². The lowest BCUT2D eigenvalue weighted by molar-refractivity contribution is 0.0525. The molecule has 0 aromatic heterocycles. The van der Waals surface area contributed by atoms with Crippen LogP contribution in [-0.4, -0.2) is 43.9 Å². The van der Waals surface area contributed by atoms with Crippen LogP contribution in [0.2, 0.25) is 0 Å². The average molecular weight is 419 g/mol. The van der Waals surface area contributed by atoms with Crippen LogP contribution in [0.5, 0.6) is 0 Å². The molecular formula is C14H15BrN2O6S. The van der Waals surface area contributed by atoms with E-state index in [4.69, 9.17) is 9.29 Å². The van der Waals surface area contributed by atoms with Crippen LogP contribution < -0.4 is 10.2 Å². The molecule has 10 heteroatoms. The van der Waals surface area contributed by atoms with Crippen LogP contribution in [0.15, 0.2) is 34.4 Å². The summed E-state index contributed by atoms with van der Waals surface area (Å²) in [7, 11) is -4.23. The van der Waals surface area contributed by atoms with E-state index in [1.807, 2.05) is 0 Å².